The number of Topliss-reactive ketones (excluding diaryl/α,β-unsaturated/α-hetero) is 1. The SMILES string of the molecule is CC(N)C(O)CCCCCCCCCCCCCCC(=O)CCCCCCCC(O[C@@H]1O[C@H](CO)[C@H](O)[C@H](O)[C@H]1O)C(C)N. The van der Waals surface area contributed by atoms with Gasteiger partial charge in [0.25, 0.3) is 0 Å². The molecule has 0 amide bonds. The summed E-state index contributed by atoms with van der Waals surface area (Å²) in [6, 6.07) is -0.447. The molecule has 0 aromatic carbocycles. The van der Waals surface area contributed by atoms with E-state index >= 15 is 0 Å². The lowest BCUT2D eigenvalue weighted by Gasteiger charge is -2.41. The van der Waals surface area contributed by atoms with Gasteiger partial charge >= 0.3 is 0 Å². The summed E-state index contributed by atoms with van der Waals surface area (Å²) >= 11 is 0. The van der Waals surface area contributed by atoms with Crippen LogP contribution in [0.4, 0.5) is 0 Å². The molecule has 1 rings (SSSR count). The Bertz CT molecular complexity index is 696. The van der Waals surface area contributed by atoms with Gasteiger partial charge in [0.15, 0.2) is 6.29 Å². The van der Waals surface area contributed by atoms with Crippen molar-refractivity contribution in [3.05, 3.63) is 0 Å². The standard InChI is InChI=1S/C34H68N2O8/c1-25(35)28(39)22-18-14-10-8-6-4-3-5-7-9-12-16-20-27(38)21-17-13-11-15-19-23-29(26(2)36)43-34-33(42)32(41)31(40)30(24-37)44-34/h25-26,28-34,37,39-42H,3-24,35-36H2,1-2H3/t25?,26?,28?,29?,30-,31+,32+,33-,34-/m1/s1. The van der Waals surface area contributed by atoms with Crippen LogP contribution in [0.2, 0.25) is 0 Å². The fraction of sp³-hybridized carbons (Fsp3) is 0.971. The summed E-state index contributed by atoms with van der Waals surface area (Å²) in [4.78, 5) is 12.2. The topological polar surface area (TPSA) is 189 Å². The van der Waals surface area contributed by atoms with E-state index in [0.717, 1.165) is 57.8 Å². The Morgan fingerprint density at radius 1 is 0.659 bits per heavy atom. The summed E-state index contributed by atoms with van der Waals surface area (Å²) in [5.74, 6) is 0.377. The Morgan fingerprint density at radius 2 is 1.09 bits per heavy atom. The molecule has 1 saturated heterocycles. The Hall–Kier alpha value is -0.690. The molecule has 0 saturated carbocycles. The van der Waals surface area contributed by atoms with Gasteiger partial charge in [-0.15, -0.1) is 0 Å². The van der Waals surface area contributed by atoms with Crippen molar-refractivity contribution < 1.29 is 39.8 Å². The van der Waals surface area contributed by atoms with Gasteiger partial charge in [-0.25, -0.2) is 0 Å². The number of aliphatic hydroxyl groups excluding tert-OH is 5. The maximum Gasteiger partial charge on any atom is 0.187 e. The highest BCUT2D eigenvalue weighted by molar-refractivity contribution is 5.78. The van der Waals surface area contributed by atoms with Crippen molar-refractivity contribution >= 4 is 5.78 Å². The molecule has 1 aliphatic heterocycles. The molecule has 10 nitrogen and oxygen atoms in total. The molecule has 10 heteroatoms. The molecule has 44 heavy (non-hydrogen) atoms. The quantitative estimate of drug-likeness (QED) is 0.0621. The van der Waals surface area contributed by atoms with Gasteiger partial charge in [-0.3, -0.25) is 4.79 Å². The van der Waals surface area contributed by atoms with Gasteiger partial charge in [-0.1, -0.05) is 96.3 Å². The zero-order chi connectivity index (χ0) is 32.7. The van der Waals surface area contributed by atoms with Gasteiger partial charge in [0, 0.05) is 24.9 Å². The largest absolute Gasteiger partial charge is 0.394 e. The van der Waals surface area contributed by atoms with Crippen LogP contribution in [0.25, 0.3) is 0 Å². The van der Waals surface area contributed by atoms with E-state index in [0.29, 0.717) is 25.0 Å². The number of aliphatic hydroxyl groups is 5. The highest BCUT2D eigenvalue weighted by Crippen LogP contribution is 2.25. The van der Waals surface area contributed by atoms with E-state index in [1.165, 1.54) is 57.8 Å². The zero-order valence-electron chi connectivity index (χ0n) is 27.9. The maximum atomic E-state index is 12.2. The number of carbonyl (C=O) groups is 1. The Balaban J connectivity index is 1.96. The molecule has 0 aliphatic carbocycles. The van der Waals surface area contributed by atoms with Crippen LogP contribution in [0.1, 0.15) is 149 Å². The lowest BCUT2D eigenvalue weighted by molar-refractivity contribution is -0.312. The predicted octanol–water partition coefficient (Wildman–Crippen LogP) is 3.99. The molecule has 9 N–H and O–H groups in total. The van der Waals surface area contributed by atoms with Crippen LogP contribution in [0.3, 0.4) is 0 Å². The van der Waals surface area contributed by atoms with Crippen molar-refractivity contribution in [1.29, 1.82) is 0 Å². The fourth-order valence-corrected chi connectivity index (χ4v) is 5.84. The monoisotopic (exact) mass is 632 g/mol. The minimum atomic E-state index is -1.47. The third kappa shape index (κ3) is 18.5. The second-order valence-electron chi connectivity index (χ2n) is 13.3. The van der Waals surface area contributed by atoms with Crippen LogP contribution in [-0.2, 0) is 14.3 Å². The number of ketones is 1. The molecule has 0 aromatic rings. The second kappa shape index (κ2) is 25.4. The molecule has 4 unspecified atom stereocenters. The van der Waals surface area contributed by atoms with Crippen molar-refractivity contribution in [2.24, 2.45) is 11.5 Å². The molecule has 9 atom stereocenters. The summed E-state index contributed by atoms with van der Waals surface area (Å²) in [5, 5.41) is 49.2. The zero-order valence-corrected chi connectivity index (χ0v) is 27.9. The first kappa shape index (κ1) is 41.3. The average molecular weight is 633 g/mol. The predicted molar refractivity (Wildman–Crippen MR) is 174 cm³/mol. The van der Waals surface area contributed by atoms with Crippen LogP contribution < -0.4 is 11.5 Å². The van der Waals surface area contributed by atoms with Gasteiger partial charge in [-0.2, -0.15) is 0 Å². The lowest BCUT2D eigenvalue weighted by Crippen LogP contribution is -2.60. The van der Waals surface area contributed by atoms with E-state index in [-0.39, 0.29) is 18.2 Å². The van der Waals surface area contributed by atoms with Crippen molar-refractivity contribution in [2.75, 3.05) is 6.61 Å². The molecular weight excluding hydrogens is 564 g/mol. The first-order chi connectivity index (χ1) is 21.1. The number of hydrogen-bond donors (Lipinski definition) is 7. The molecule has 262 valence electrons. The van der Waals surface area contributed by atoms with E-state index in [2.05, 4.69) is 0 Å². The van der Waals surface area contributed by atoms with Crippen molar-refractivity contribution in [1.82, 2.24) is 0 Å². The van der Waals surface area contributed by atoms with Crippen molar-refractivity contribution in [3.8, 4) is 0 Å². The number of ether oxygens (including phenoxy) is 2. The van der Waals surface area contributed by atoms with E-state index in [1.54, 1.807) is 0 Å². The number of unbranched alkanes of at least 4 members (excludes halogenated alkanes) is 15. The smallest absolute Gasteiger partial charge is 0.187 e. The van der Waals surface area contributed by atoms with Gasteiger partial charge in [0.2, 0.25) is 0 Å². The van der Waals surface area contributed by atoms with E-state index < -0.39 is 43.4 Å². The van der Waals surface area contributed by atoms with Crippen LogP contribution >= 0.6 is 0 Å². The van der Waals surface area contributed by atoms with Gasteiger partial charge in [-0.05, 0) is 39.5 Å². The molecule has 1 heterocycles. The molecule has 0 bridgehead atoms. The van der Waals surface area contributed by atoms with E-state index in [1.807, 2.05) is 13.8 Å². The normalized spacial score (nSPS) is 25.1. The average Bonchev–Trinajstić information content (AvgIpc) is 2.99. The molecule has 0 radical (unpaired) electrons. The Labute approximate surface area is 267 Å². The van der Waals surface area contributed by atoms with Crippen LogP contribution in [0.15, 0.2) is 0 Å². The minimum absolute atomic E-state index is 0.127. The first-order valence-electron chi connectivity index (χ1n) is 17.7. The second-order valence-corrected chi connectivity index (χ2v) is 13.3. The van der Waals surface area contributed by atoms with Crippen LogP contribution in [0, 0.1) is 0 Å². The number of carbonyl (C=O) groups excluding carboxylic acids is 1. The van der Waals surface area contributed by atoms with Crippen LogP contribution in [-0.4, -0.2) is 92.9 Å². The Morgan fingerprint density at radius 3 is 1.52 bits per heavy atom. The van der Waals surface area contributed by atoms with Gasteiger partial charge in [0.1, 0.15) is 30.2 Å². The summed E-state index contributed by atoms with van der Waals surface area (Å²) in [6.07, 6.45) is 15.0. The summed E-state index contributed by atoms with van der Waals surface area (Å²) in [5.41, 5.74) is 11.8. The van der Waals surface area contributed by atoms with Gasteiger partial charge < -0.3 is 46.5 Å². The van der Waals surface area contributed by atoms with Crippen LogP contribution in [0.5, 0.6) is 0 Å². The fourth-order valence-electron chi connectivity index (χ4n) is 5.84. The minimum Gasteiger partial charge on any atom is -0.394 e. The van der Waals surface area contributed by atoms with Gasteiger partial charge in [0.05, 0.1) is 18.8 Å². The number of hydrogen-bond acceptors (Lipinski definition) is 10. The summed E-state index contributed by atoms with van der Waals surface area (Å²) < 4.78 is 11.3. The highest BCUT2D eigenvalue weighted by Gasteiger charge is 2.45. The maximum absolute atomic E-state index is 12.2. The Kier molecular flexibility index (Phi) is 23.9. The number of nitrogens with two attached hydrogens (primary N) is 2. The lowest BCUT2D eigenvalue weighted by atomic mass is 9.98. The third-order valence-electron chi connectivity index (χ3n) is 9.00. The van der Waals surface area contributed by atoms with E-state index in [9.17, 15) is 30.3 Å². The third-order valence-corrected chi connectivity index (χ3v) is 9.00. The highest BCUT2D eigenvalue weighted by atomic mass is 16.7. The molecular formula is C34H68N2O8. The van der Waals surface area contributed by atoms with Crippen molar-refractivity contribution in [2.45, 2.75) is 204 Å². The first-order valence-corrected chi connectivity index (χ1v) is 17.7. The summed E-state index contributed by atoms with van der Waals surface area (Å²) in [6.45, 7) is 3.17. The molecule has 1 aliphatic rings. The molecule has 0 aromatic heterocycles. The van der Waals surface area contributed by atoms with Crippen molar-refractivity contribution in [3.63, 3.8) is 0 Å². The number of rotatable bonds is 28. The molecule has 1 fully saturated rings. The molecule has 0 spiro atoms. The summed E-state index contributed by atoms with van der Waals surface area (Å²) in [7, 11) is 0. The van der Waals surface area contributed by atoms with E-state index in [4.69, 9.17) is 20.9 Å².